The molecule has 0 unspecified atom stereocenters. The van der Waals surface area contributed by atoms with Crippen LogP contribution in [0.3, 0.4) is 0 Å². The fraction of sp³-hybridized carbons (Fsp3) is 0. The molecule has 1 aromatic heterocycles. The van der Waals surface area contributed by atoms with Gasteiger partial charge in [0.25, 0.3) is 5.91 Å². The number of aromatic nitrogens is 1. The molecule has 7 heteroatoms. The van der Waals surface area contributed by atoms with Crippen LogP contribution in [0.15, 0.2) is 53.1 Å². The van der Waals surface area contributed by atoms with Crippen molar-refractivity contribution in [3.63, 3.8) is 0 Å². The van der Waals surface area contributed by atoms with E-state index in [1.165, 1.54) is 6.07 Å². The Morgan fingerprint density at radius 3 is 2.65 bits per heavy atom. The van der Waals surface area contributed by atoms with E-state index < -0.39 is 17.5 Å². The van der Waals surface area contributed by atoms with E-state index in [4.69, 9.17) is 16.1 Å². The van der Waals surface area contributed by atoms with Crippen LogP contribution in [0.25, 0.3) is 11.3 Å². The highest BCUT2D eigenvalue weighted by Gasteiger charge is 2.16. The third kappa shape index (κ3) is 3.22. The van der Waals surface area contributed by atoms with Gasteiger partial charge in [0.15, 0.2) is 11.5 Å². The quantitative estimate of drug-likeness (QED) is 0.766. The number of rotatable bonds is 3. The zero-order chi connectivity index (χ0) is 16.4. The van der Waals surface area contributed by atoms with Crippen LogP contribution in [0.2, 0.25) is 5.02 Å². The lowest BCUT2D eigenvalue weighted by Gasteiger charge is -2.03. The van der Waals surface area contributed by atoms with Gasteiger partial charge in [-0.05, 0) is 24.3 Å². The molecule has 0 spiro atoms. The molecule has 4 nitrogen and oxygen atoms in total. The maximum Gasteiger partial charge on any atom is 0.277 e. The average molecular weight is 335 g/mol. The maximum absolute atomic E-state index is 13.5. The van der Waals surface area contributed by atoms with Crippen molar-refractivity contribution in [2.45, 2.75) is 0 Å². The first-order valence-corrected chi connectivity index (χ1v) is 6.90. The predicted molar refractivity (Wildman–Crippen MR) is 81.3 cm³/mol. The molecule has 1 amide bonds. The third-order valence-corrected chi connectivity index (χ3v) is 3.39. The Bertz CT molecular complexity index is 880. The summed E-state index contributed by atoms with van der Waals surface area (Å²) in [6.07, 6.45) is 0. The number of halogens is 3. The summed E-state index contributed by atoms with van der Waals surface area (Å²) in [6, 6.07) is 11.1. The van der Waals surface area contributed by atoms with Gasteiger partial charge in [-0.1, -0.05) is 28.9 Å². The summed E-state index contributed by atoms with van der Waals surface area (Å²) in [7, 11) is 0. The summed E-state index contributed by atoms with van der Waals surface area (Å²) in [4.78, 5) is 12.1. The van der Waals surface area contributed by atoms with E-state index in [0.29, 0.717) is 22.4 Å². The number of carbonyl (C=O) groups excluding carboxylic acids is 1. The molecule has 0 fully saturated rings. The molecular weight excluding hydrogens is 326 g/mol. The molecule has 23 heavy (non-hydrogen) atoms. The summed E-state index contributed by atoms with van der Waals surface area (Å²) in [5.74, 6) is -1.99. The first kappa shape index (κ1) is 15.2. The van der Waals surface area contributed by atoms with Crippen molar-refractivity contribution in [1.29, 1.82) is 0 Å². The Labute approximate surface area is 134 Å². The van der Waals surface area contributed by atoms with Crippen LogP contribution < -0.4 is 5.32 Å². The standard InChI is InChI=1S/C16H9ClF2N2O2/c17-11-4-2-1-3-10(11)15-8-14(21-23-15)16(22)20-13-6-5-9(18)7-12(13)19/h1-8H,(H,20,22). The molecule has 0 saturated heterocycles. The van der Waals surface area contributed by atoms with E-state index in [2.05, 4.69) is 10.5 Å². The molecule has 116 valence electrons. The van der Waals surface area contributed by atoms with E-state index in [-0.39, 0.29) is 11.4 Å². The van der Waals surface area contributed by atoms with E-state index in [1.807, 2.05) is 0 Å². The number of nitrogens with one attached hydrogen (secondary N) is 1. The monoisotopic (exact) mass is 334 g/mol. The first-order chi connectivity index (χ1) is 11.0. The van der Waals surface area contributed by atoms with Crippen molar-refractivity contribution < 1.29 is 18.1 Å². The van der Waals surface area contributed by atoms with Crippen molar-refractivity contribution in [2.75, 3.05) is 5.32 Å². The van der Waals surface area contributed by atoms with Crippen molar-refractivity contribution in [3.8, 4) is 11.3 Å². The molecule has 3 rings (SSSR count). The Hall–Kier alpha value is -2.73. The Kier molecular flexibility index (Phi) is 4.08. The Morgan fingerprint density at radius 1 is 1.13 bits per heavy atom. The average Bonchev–Trinajstić information content (AvgIpc) is 3.00. The molecule has 2 aromatic carbocycles. The number of hydrogen-bond donors (Lipinski definition) is 1. The van der Waals surface area contributed by atoms with Gasteiger partial charge in [-0.3, -0.25) is 4.79 Å². The number of amides is 1. The first-order valence-electron chi connectivity index (χ1n) is 6.52. The van der Waals surface area contributed by atoms with E-state index in [0.717, 1.165) is 12.1 Å². The van der Waals surface area contributed by atoms with Crippen LogP contribution in [0.4, 0.5) is 14.5 Å². The second kappa shape index (κ2) is 6.18. The minimum atomic E-state index is -0.881. The molecule has 0 aliphatic heterocycles. The second-order valence-corrected chi connectivity index (χ2v) is 5.04. The third-order valence-electron chi connectivity index (χ3n) is 3.06. The van der Waals surface area contributed by atoms with Crippen LogP contribution in [0.5, 0.6) is 0 Å². The second-order valence-electron chi connectivity index (χ2n) is 4.63. The Morgan fingerprint density at radius 2 is 1.91 bits per heavy atom. The number of carbonyl (C=O) groups is 1. The smallest absolute Gasteiger partial charge is 0.277 e. The van der Waals surface area contributed by atoms with Gasteiger partial charge in [0.1, 0.15) is 11.6 Å². The number of benzene rings is 2. The summed E-state index contributed by atoms with van der Waals surface area (Å²) in [6.45, 7) is 0. The maximum atomic E-state index is 13.5. The van der Waals surface area contributed by atoms with Gasteiger partial charge in [0.05, 0.1) is 10.7 Å². The summed E-state index contributed by atoms with van der Waals surface area (Å²) < 4.78 is 31.5. The van der Waals surface area contributed by atoms with Gasteiger partial charge >= 0.3 is 0 Å². The largest absolute Gasteiger partial charge is 0.355 e. The van der Waals surface area contributed by atoms with Gasteiger partial charge in [0.2, 0.25) is 0 Å². The minimum absolute atomic E-state index is 0.0522. The Balaban J connectivity index is 1.83. The molecule has 0 aliphatic rings. The molecule has 1 N–H and O–H groups in total. The zero-order valence-electron chi connectivity index (χ0n) is 11.5. The molecule has 1 heterocycles. The van der Waals surface area contributed by atoms with Crippen molar-refractivity contribution in [3.05, 3.63) is 70.9 Å². The minimum Gasteiger partial charge on any atom is -0.355 e. The van der Waals surface area contributed by atoms with Gasteiger partial charge in [-0.25, -0.2) is 8.78 Å². The van der Waals surface area contributed by atoms with E-state index in [9.17, 15) is 13.6 Å². The normalized spacial score (nSPS) is 10.6. The zero-order valence-corrected chi connectivity index (χ0v) is 12.3. The summed E-state index contributed by atoms with van der Waals surface area (Å²) in [5.41, 5.74) is 0.371. The topological polar surface area (TPSA) is 55.1 Å². The predicted octanol–water partition coefficient (Wildman–Crippen LogP) is 4.53. The SMILES string of the molecule is O=C(Nc1ccc(F)cc1F)c1cc(-c2ccccc2Cl)on1. The van der Waals surface area contributed by atoms with Crippen LogP contribution in [-0.2, 0) is 0 Å². The van der Waals surface area contributed by atoms with Crippen LogP contribution in [0, 0.1) is 11.6 Å². The molecule has 0 saturated carbocycles. The number of nitrogens with zero attached hydrogens (tertiary/aromatic N) is 1. The molecule has 0 bridgehead atoms. The van der Waals surface area contributed by atoms with Crippen molar-refractivity contribution in [1.82, 2.24) is 5.16 Å². The van der Waals surface area contributed by atoms with Gasteiger partial charge in [-0.15, -0.1) is 0 Å². The highest BCUT2D eigenvalue weighted by molar-refractivity contribution is 6.33. The van der Waals surface area contributed by atoms with Crippen LogP contribution in [0.1, 0.15) is 10.5 Å². The number of anilines is 1. The van der Waals surface area contributed by atoms with E-state index in [1.54, 1.807) is 24.3 Å². The highest BCUT2D eigenvalue weighted by atomic mass is 35.5. The highest BCUT2D eigenvalue weighted by Crippen LogP contribution is 2.28. The van der Waals surface area contributed by atoms with Gasteiger partial charge in [-0.2, -0.15) is 0 Å². The lowest BCUT2D eigenvalue weighted by molar-refractivity contribution is 0.101. The van der Waals surface area contributed by atoms with Crippen molar-refractivity contribution in [2.24, 2.45) is 0 Å². The van der Waals surface area contributed by atoms with Crippen LogP contribution >= 0.6 is 11.6 Å². The number of hydrogen-bond acceptors (Lipinski definition) is 3. The molecule has 0 atom stereocenters. The fourth-order valence-electron chi connectivity index (χ4n) is 1.95. The molecule has 3 aromatic rings. The lowest BCUT2D eigenvalue weighted by atomic mass is 10.1. The van der Waals surface area contributed by atoms with Gasteiger partial charge < -0.3 is 9.84 Å². The molecule has 0 aliphatic carbocycles. The van der Waals surface area contributed by atoms with E-state index >= 15 is 0 Å². The van der Waals surface area contributed by atoms with Gasteiger partial charge in [0, 0.05) is 17.7 Å². The summed E-state index contributed by atoms with van der Waals surface area (Å²) in [5, 5.41) is 6.38. The fourth-order valence-corrected chi connectivity index (χ4v) is 2.18. The molecular formula is C16H9ClF2N2O2. The lowest BCUT2D eigenvalue weighted by Crippen LogP contribution is -2.13. The molecule has 0 radical (unpaired) electrons. The van der Waals surface area contributed by atoms with Crippen molar-refractivity contribution >= 4 is 23.2 Å². The van der Waals surface area contributed by atoms with Crippen LogP contribution in [-0.4, -0.2) is 11.1 Å². The summed E-state index contributed by atoms with van der Waals surface area (Å²) >= 11 is 6.04.